The van der Waals surface area contributed by atoms with E-state index in [4.69, 9.17) is 4.84 Å². The molecule has 3 heteroatoms. The molecule has 0 atom stereocenters. The monoisotopic (exact) mass is 233 g/mol. The molecule has 3 nitrogen and oxygen atoms in total. The van der Waals surface area contributed by atoms with Crippen molar-refractivity contribution in [2.45, 2.75) is 38.0 Å². The van der Waals surface area contributed by atoms with Crippen molar-refractivity contribution in [1.29, 1.82) is 0 Å². The fraction of sp³-hybridized carbons (Fsp3) is 0.500. The average Bonchev–Trinajstić information content (AvgIpc) is 2.40. The third kappa shape index (κ3) is 2.86. The lowest BCUT2D eigenvalue weighted by molar-refractivity contribution is 0.0536. The standard InChI is InChI=1S/C14H19NO2/c1-17-15-14(16)13-10-6-5-9-12(13)11-7-3-2-4-8-11/h5-6,9-11H,2-4,7-8H2,1H3,(H,15,16). The molecule has 17 heavy (non-hydrogen) atoms. The van der Waals surface area contributed by atoms with Crippen LogP contribution in [-0.4, -0.2) is 13.0 Å². The van der Waals surface area contributed by atoms with Gasteiger partial charge < -0.3 is 0 Å². The second kappa shape index (κ2) is 5.82. The number of hydrogen-bond donors (Lipinski definition) is 1. The number of hydroxylamine groups is 1. The van der Waals surface area contributed by atoms with Gasteiger partial charge in [-0.25, -0.2) is 5.48 Å². The number of hydrogen-bond acceptors (Lipinski definition) is 2. The van der Waals surface area contributed by atoms with Crippen molar-refractivity contribution in [1.82, 2.24) is 5.48 Å². The van der Waals surface area contributed by atoms with Gasteiger partial charge in [-0.15, -0.1) is 0 Å². The molecule has 92 valence electrons. The van der Waals surface area contributed by atoms with E-state index < -0.39 is 0 Å². The summed E-state index contributed by atoms with van der Waals surface area (Å²) in [5, 5.41) is 0. The van der Waals surface area contributed by atoms with E-state index in [1.54, 1.807) is 0 Å². The summed E-state index contributed by atoms with van der Waals surface area (Å²) < 4.78 is 0. The molecule has 1 saturated carbocycles. The molecule has 1 aliphatic carbocycles. The SMILES string of the molecule is CONC(=O)c1ccccc1C1CCCCC1. The molecular weight excluding hydrogens is 214 g/mol. The smallest absolute Gasteiger partial charge is 0.275 e. The largest absolute Gasteiger partial charge is 0.277 e. The second-order valence-corrected chi connectivity index (χ2v) is 4.56. The molecule has 0 spiro atoms. The van der Waals surface area contributed by atoms with Crippen molar-refractivity contribution in [3.05, 3.63) is 35.4 Å². The van der Waals surface area contributed by atoms with Crippen LogP contribution in [0.1, 0.15) is 53.9 Å². The van der Waals surface area contributed by atoms with Gasteiger partial charge in [0.25, 0.3) is 5.91 Å². The molecule has 1 fully saturated rings. The highest BCUT2D eigenvalue weighted by Gasteiger charge is 2.20. The van der Waals surface area contributed by atoms with Crippen molar-refractivity contribution in [3.8, 4) is 0 Å². The van der Waals surface area contributed by atoms with Gasteiger partial charge in [0, 0.05) is 5.56 Å². The van der Waals surface area contributed by atoms with Crippen LogP contribution in [-0.2, 0) is 4.84 Å². The molecule has 0 saturated heterocycles. The van der Waals surface area contributed by atoms with E-state index in [-0.39, 0.29) is 5.91 Å². The van der Waals surface area contributed by atoms with Crippen molar-refractivity contribution in [2.24, 2.45) is 0 Å². The van der Waals surface area contributed by atoms with E-state index in [0.717, 1.165) is 5.56 Å². The van der Waals surface area contributed by atoms with Crippen LogP contribution in [0, 0.1) is 0 Å². The zero-order chi connectivity index (χ0) is 12.1. The van der Waals surface area contributed by atoms with Crippen LogP contribution >= 0.6 is 0 Å². The summed E-state index contributed by atoms with van der Waals surface area (Å²) in [7, 11) is 1.46. The maximum absolute atomic E-state index is 11.9. The molecule has 1 aromatic rings. The van der Waals surface area contributed by atoms with Gasteiger partial charge in [-0.1, -0.05) is 37.5 Å². The molecule has 0 heterocycles. The Morgan fingerprint density at radius 1 is 1.24 bits per heavy atom. The van der Waals surface area contributed by atoms with E-state index in [9.17, 15) is 4.79 Å². The molecule has 1 aromatic carbocycles. The highest BCUT2D eigenvalue weighted by atomic mass is 16.6. The Kier molecular flexibility index (Phi) is 4.15. The summed E-state index contributed by atoms with van der Waals surface area (Å²) in [6.07, 6.45) is 6.24. The van der Waals surface area contributed by atoms with E-state index in [1.807, 2.05) is 18.2 Å². The van der Waals surface area contributed by atoms with Crippen molar-refractivity contribution in [3.63, 3.8) is 0 Å². The Bertz CT molecular complexity index is 384. The number of nitrogens with one attached hydrogen (secondary N) is 1. The zero-order valence-electron chi connectivity index (χ0n) is 10.2. The predicted molar refractivity (Wildman–Crippen MR) is 66.7 cm³/mol. The van der Waals surface area contributed by atoms with E-state index in [1.165, 1.54) is 44.8 Å². The molecule has 0 aliphatic heterocycles. The fourth-order valence-corrected chi connectivity index (χ4v) is 2.62. The summed E-state index contributed by atoms with van der Waals surface area (Å²) in [6, 6.07) is 7.85. The molecule has 1 aliphatic rings. The first-order chi connectivity index (χ1) is 8.33. The molecule has 1 N–H and O–H groups in total. The molecule has 0 bridgehead atoms. The van der Waals surface area contributed by atoms with Crippen molar-refractivity contribution in [2.75, 3.05) is 7.11 Å². The molecular formula is C14H19NO2. The second-order valence-electron chi connectivity index (χ2n) is 4.56. The van der Waals surface area contributed by atoms with Crippen LogP contribution in [0.4, 0.5) is 0 Å². The summed E-state index contributed by atoms with van der Waals surface area (Å²) in [5.74, 6) is 0.385. The normalized spacial score (nSPS) is 16.8. The Balaban J connectivity index is 2.23. The van der Waals surface area contributed by atoms with Gasteiger partial charge in [-0.05, 0) is 30.4 Å². The van der Waals surface area contributed by atoms with Gasteiger partial charge in [0.2, 0.25) is 0 Å². The minimum absolute atomic E-state index is 0.145. The van der Waals surface area contributed by atoms with Crippen LogP contribution in [0.3, 0.4) is 0 Å². The Morgan fingerprint density at radius 2 is 1.94 bits per heavy atom. The molecule has 0 radical (unpaired) electrons. The zero-order valence-corrected chi connectivity index (χ0v) is 10.2. The van der Waals surface area contributed by atoms with Crippen LogP contribution in [0.15, 0.2) is 24.3 Å². The molecule has 0 unspecified atom stereocenters. The van der Waals surface area contributed by atoms with Gasteiger partial charge in [-0.3, -0.25) is 9.63 Å². The van der Waals surface area contributed by atoms with E-state index in [2.05, 4.69) is 11.5 Å². The highest BCUT2D eigenvalue weighted by molar-refractivity contribution is 5.95. The molecule has 0 aromatic heterocycles. The lowest BCUT2D eigenvalue weighted by Gasteiger charge is -2.23. The van der Waals surface area contributed by atoms with Gasteiger partial charge >= 0.3 is 0 Å². The maximum Gasteiger partial charge on any atom is 0.275 e. The van der Waals surface area contributed by atoms with E-state index in [0.29, 0.717) is 5.92 Å². The van der Waals surface area contributed by atoms with Crippen LogP contribution in [0.5, 0.6) is 0 Å². The highest BCUT2D eigenvalue weighted by Crippen LogP contribution is 2.34. The minimum Gasteiger partial charge on any atom is -0.277 e. The summed E-state index contributed by atoms with van der Waals surface area (Å²) in [6.45, 7) is 0. The number of carbonyl (C=O) groups excluding carboxylic acids is 1. The lowest BCUT2D eigenvalue weighted by Crippen LogP contribution is -2.24. The number of rotatable bonds is 3. The van der Waals surface area contributed by atoms with Gasteiger partial charge in [0.1, 0.15) is 0 Å². The topological polar surface area (TPSA) is 38.3 Å². The summed E-state index contributed by atoms with van der Waals surface area (Å²) >= 11 is 0. The minimum atomic E-state index is -0.145. The van der Waals surface area contributed by atoms with Crippen molar-refractivity contribution >= 4 is 5.91 Å². The Morgan fingerprint density at radius 3 is 2.65 bits per heavy atom. The number of carbonyl (C=O) groups is 1. The predicted octanol–water partition coefficient (Wildman–Crippen LogP) is 3.03. The number of amides is 1. The number of benzene rings is 1. The van der Waals surface area contributed by atoms with Crippen LogP contribution < -0.4 is 5.48 Å². The van der Waals surface area contributed by atoms with Crippen LogP contribution in [0.2, 0.25) is 0 Å². The first kappa shape index (κ1) is 12.1. The quantitative estimate of drug-likeness (QED) is 0.815. The van der Waals surface area contributed by atoms with Gasteiger partial charge in [0.05, 0.1) is 7.11 Å². The Labute approximate surface area is 102 Å². The average molecular weight is 233 g/mol. The first-order valence-electron chi connectivity index (χ1n) is 6.25. The molecule has 1 amide bonds. The first-order valence-corrected chi connectivity index (χ1v) is 6.25. The third-order valence-electron chi connectivity index (χ3n) is 3.45. The summed E-state index contributed by atoms with van der Waals surface area (Å²) in [4.78, 5) is 16.6. The summed E-state index contributed by atoms with van der Waals surface area (Å²) in [5.41, 5.74) is 4.32. The maximum atomic E-state index is 11.9. The van der Waals surface area contributed by atoms with E-state index >= 15 is 0 Å². The lowest BCUT2D eigenvalue weighted by atomic mass is 9.82. The molecule has 2 rings (SSSR count). The van der Waals surface area contributed by atoms with Gasteiger partial charge in [0.15, 0.2) is 0 Å². The van der Waals surface area contributed by atoms with Crippen molar-refractivity contribution < 1.29 is 9.63 Å². The van der Waals surface area contributed by atoms with Gasteiger partial charge in [-0.2, -0.15) is 0 Å². The van der Waals surface area contributed by atoms with Crippen LogP contribution in [0.25, 0.3) is 0 Å². The Hall–Kier alpha value is -1.35. The third-order valence-corrected chi connectivity index (χ3v) is 3.45. The fourth-order valence-electron chi connectivity index (χ4n) is 2.62.